The van der Waals surface area contributed by atoms with E-state index >= 15 is 0 Å². The molecule has 0 saturated heterocycles. The third-order valence-corrected chi connectivity index (χ3v) is 4.77. The number of allylic oxidation sites excluding steroid dienone is 1. The van der Waals surface area contributed by atoms with Gasteiger partial charge in [0, 0.05) is 26.6 Å². The Balaban J connectivity index is 0.00000141. The summed E-state index contributed by atoms with van der Waals surface area (Å²) in [4.78, 5) is 34.9. The summed E-state index contributed by atoms with van der Waals surface area (Å²) in [6, 6.07) is 7.22. The zero-order valence-electron chi connectivity index (χ0n) is 17.4. The number of nitrogens with one attached hydrogen (secondary N) is 2. The van der Waals surface area contributed by atoms with Gasteiger partial charge in [0.05, 0.1) is 30.4 Å². The second-order valence-corrected chi connectivity index (χ2v) is 7.23. The molecule has 0 heterocycles. The van der Waals surface area contributed by atoms with E-state index in [0.29, 0.717) is 25.3 Å². The van der Waals surface area contributed by atoms with E-state index in [2.05, 4.69) is 21.4 Å². The Morgan fingerprint density at radius 1 is 1.20 bits per heavy atom. The molecule has 2 rings (SSSR count). The van der Waals surface area contributed by atoms with Gasteiger partial charge in [-0.3, -0.25) is 14.3 Å². The highest BCUT2D eigenvalue weighted by molar-refractivity contribution is 7.98. The Hall–Kier alpha value is -2.20. The molecule has 9 heteroatoms. The Kier molecular flexibility index (Phi) is 13.4. The number of benzene rings is 1. The van der Waals surface area contributed by atoms with E-state index in [1.165, 1.54) is 11.9 Å². The fraction of sp³-hybridized carbons (Fsp3) is 0.476. The monoisotopic (exact) mass is 438 g/mol. The zero-order chi connectivity index (χ0) is 22.2. The van der Waals surface area contributed by atoms with Gasteiger partial charge in [0.15, 0.2) is 0 Å². The van der Waals surface area contributed by atoms with Crippen LogP contribution in [-0.2, 0) is 28.6 Å². The Bertz CT molecular complexity index is 685. The van der Waals surface area contributed by atoms with Crippen molar-refractivity contribution in [2.75, 3.05) is 46.0 Å². The standard InChI is InChI=1S/C19H24N2O5S.C2H6O/c1-2-14-12-15(14)19(24)21-27-17-7-4-3-6-16(17)20-18(23)13-26-11-10-25-9-5-8-22;1-3-2/h2-4,6-8,14-15H,1,5,9-13H2,(H,20,23)(H,21,24);1-2H3/t14-,15?;/m1./s1. The predicted octanol–water partition coefficient (Wildman–Crippen LogP) is 2.46. The van der Waals surface area contributed by atoms with Crippen LogP contribution < -0.4 is 10.0 Å². The van der Waals surface area contributed by atoms with Crippen molar-refractivity contribution in [3.8, 4) is 0 Å². The van der Waals surface area contributed by atoms with E-state index in [4.69, 9.17) is 9.47 Å². The van der Waals surface area contributed by atoms with Crippen LogP contribution in [0.15, 0.2) is 41.8 Å². The number of rotatable bonds is 13. The highest BCUT2D eigenvalue weighted by Crippen LogP contribution is 2.40. The molecule has 2 atom stereocenters. The fourth-order valence-electron chi connectivity index (χ4n) is 2.32. The summed E-state index contributed by atoms with van der Waals surface area (Å²) in [6.45, 7) is 4.54. The molecule has 0 spiro atoms. The van der Waals surface area contributed by atoms with Crippen molar-refractivity contribution >= 4 is 35.7 Å². The maximum absolute atomic E-state index is 12.0. The molecule has 2 amide bonds. The van der Waals surface area contributed by atoms with Gasteiger partial charge in [-0.05, 0) is 36.4 Å². The van der Waals surface area contributed by atoms with Crippen molar-refractivity contribution in [1.82, 2.24) is 4.72 Å². The lowest BCUT2D eigenvalue weighted by atomic mass is 10.3. The highest BCUT2D eigenvalue weighted by atomic mass is 32.2. The molecule has 0 radical (unpaired) electrons. The predicted molar refractivity (Wildman–Crippen MR) is 116 cm³/mol. The molecule has 166 valence electrons. The topological polar surface area (TPSA) is 103 Å². The number of amides is 2. The van der Waals surface area contributed by atoms with Gasteiger partial charge in [-0.1, -0.05) is 18.2 Å². The average Bonchev–Trinajstić information content (AvgIpc) is 3.53. The van der Waals surface area contributed by atoms with Crippen LogP contribution in [0.25, 0.3) is 0 Å². The fourth-order valence-corrected chi connectivity index (χ4v) is 3.06. The van der Waals surface area contributed by atoms with E-state index in [1.54, 1.807) is 32.4 Å². The maximum atomic E-state index is 12.0. The number of carbonyl (C=O) groups is 3. The Morgan fingerprint density at radius 2 is 1.90 bits per heavy atom. The van der Waals surface area contributed by atoms with Gasteiger partial charge in [0.2, 0.25) is 11.8 Å². The number of aldehydes is 1. The van der Waals surface area contributed by atoms with Gasteiger partial charge >= 0.3 is 0 Å². The molecule has 8 nitrogen and oxygen atoms in total. The first-order chi connectivity index (χ1) is 14.6. The molecule has 1 saturated carbocycles. The number of carbonyl (C=O) groups excluding carboxylic acids is 3. The van der Waals surface area contributed by atoms with Crippen molar-refractivity contribution in [1.29, 1.82) is 0 Å². The second kappa shape index (κ2) is 15.6. The van der Waals surface area contributed by atoms with Gasteiger partial charge in [-0.25, -0.2) is 0 Å². The molecular weight excluding hydrogens is 408 g/mol. The lowest BCUT2D eigenvalue weighted by Gasteiger charge is -2.11. The van der Waals surface area contributed by atoms with Crippen molar-refractivity contribution in [3.05, 3.63) is 36.9 Å². The SMILES string of the molecule is C=C[C@@H]1CC1C(=O)NSc1ccccc1NC(=O)COCCOCCC=O.COC. The minimum absolute atomic E-state index is 0.00101. The van der Waals surface area contributed by atoms with Gasteiger partial charge in [-0.15, -0.1) is 6.58 Å². The molecule has 1 aliphatic carbocycles. The van der Waals surface area contributed by atoms with Gasteiger partial charge in [-0.2, -0.15) is 0 Å². The number of methoxy groups -OCH3 is 1. The summed E-state index contributed by atoms with van der Waals surface area (Å²) in [5.41, 5.74) is 0.606. The van der Waals surface area contributed by atoms with E-state index in [-0.39, 0.29) is 36.9 Å². The normalized spacial score (nSPS) is 16.6. The van der Waals surface area contributed by atoms with Crippen LogP contribution in [0.4, 0.5) is 5.69 Å². The van der Waals surface area contributed by atoms with Crippen LogP contribution in [-0.4, -0.2) is 58.7 Å². The molecule has 0 aromatic heterocycles. The van der Waals surface area contributed by atoms with E-state index in [9.17, 15) is 14.4 Å². The molecule has 2 N–H and O–H groups in total. The molecule has 1 aliphatic rings. The first-order valence-corrected chi connectivity index (χ1v) is 10.4. The molecule has 1 aromatic rings. The lowest BCUT2D eigenvalue weighted by Crippen LogP contribution is -2.21. The van der Waals surface area contributed by atoms with Gasteiger partial charge < -0.3 is 24.3 Å². The second-order valence-electron chi connectivity index (χ2n) is 6.38. The Morgan fingerprint density at radius 3 is 2.57 bits per heavy atom. The molecule has 0 bridgehead atoms. The van der Waals surface area contributed by atoms with Crippen molar-refractivity contribution in [2.24, 2.45) is 11.8 Å². The Labute approximate surface area is 181 Å². The van der Waals surface area contributed by atoms with E-state index in [1.807, 2.05) is 12.1 Å². The largest absolute Gasteiger partial charge is 0.388 e. The number of hydrogen-bond acceptors (Lipinski definition) is 7. The molecule has 1 unspecified atom stereocenters. The van der Waals surface area contributed by atoms with Crippen LogP contribution in [0.5, 0.6) is 0 Å². The number of hydrogen-bond donors (Lipinski definition) is 2. The minimum atomic E-state index is -0.295. The van der Waals surface area contributed by atoms with Crippen LogP contribution >= 0.6 is 11.9 Å². The number of anilines is 1. The quantitative estimate of drug-likeness (QED) is 0.211. The van der Waals surface area contributed by atoms with Gasteiger partial charge in [0.1, 0.15) is 12.9 Å². The molecule has 1 fully saturated rings. The maximum Gasteiger partial charge on any atom is 0.250 e. The summed E-state index contributed by atoms with van der Waals surface area (Å²) in [7, 11) is 3.25. The number of para-hydroxylation sites is 1. The summed E-state index contributed by atoms with van der Waals surface area (Å²) in [6.07, 6.45) is 3.77. The van der Waals surface area contributed by atoms with Crippen molar-refractivity contribution in [2.45, 2.75) is 17.7 Å². The van der Waals surface area contributed by atoms with Crippen LogP contribution in [0.1, 0.15) is 12.8 Å². The minimum Gasteiger partial charge on any atom is -0.388 e. The van der Waals surface area contributed by atoms with Crippen molar-refractivity contribution in [3.63, 3.8) is 0 Å². The van der Waals surface area contributed by atoms with E-state index in [0.717, 1.165) is 17.6 Å². The third-order valence-electron chi connectivity index (χ3n) is 3.89. The first kappa shape index (κ1) is 25.8. The highest BCUT2D eigenvalue weighted by Gasteiger charge is 2.40. The zero-order valence-corrected chi connectivity index (χ0v) is 18.2. The smallest absolute Gasteiger partial charge is 0.250 e. The summed E-state index contributed by atoms with van der Waals surface area (Å²) in [5, 5.41) is 2.77. The number of ether oxygens (including phenoxy) is 3. The third kappa shape index (κ3) is 10.5. The first-order valence-electron chi connectivity index (χ1n) is 9.54. The van der Waals surface area contributed by atoms with Crippen LogP contribution in [0.3, 0.4) is 0 Å². The molecule has 1 aromatic carbocycles. The van der Waals surface area contributed by atoms with Crippen LogP contribution in [0.2, 0.25) is 0 Å². The summed E-state index contributed by atoms with van der Waals surface area (Å²) in [5.74, 6) is -0.0564. The van der Waals surface area contributed by atoms with Gasteiger partial charge in [0.25, 0.3) is 0 Å². The average molecular weight is 439 g/mol. The molecular formula is C21H30N2O6S. The van der Waals surface area contributed by atoms with Crippen LogP contribution in [0, 0.1) is 11.8 Å². The van der Waals surface area contributed by atoms with E-state index < -0.39 is 0 Å². The molecule has 0 aliphatic heterocycles. The van der Waals surface area contributed by atoms with Crippen molar-refractivity contribution < 1.29 is 28.6 Å². The molecule has 30 heavy (non-hydrogen) atoms. The summed E-state index contributed by atoms with van der Waals surface area (Å²) >= 11 is 1.18. The lowest BCUT2D eigenvalue weighted by molar-refractivity contribution is -0.121. The summed E-state index contributed by atoms with van der Waals surface area (Å²) < 4.78 is 17.5.